The molecule has 0 spiro atoms. The van der Waals surface area contributed by atoms with Gasteiger partial charge in [-0.15, -0.1) is 0 Å². The second kappa shape index (κ2) is 10.2. The summed E-state index contributed by atoms with van der Waals surface area (Å²) in [6.45, 7) is 4.24. The summed E-state index contributed by atoms with van der Waals surface area (Å²) in [5, 5.41) is 1.04. The van der Waals surface area contributed by atoms with Gasteiger partial charge in [-0.25, -0.2) is 15.0 Å². The molecule has 3 heterocycles. The van der Waals surface area contributed by atoms with Gasteiger partial charge in [0.25, 0.3) is 0 Å². The van der Waals surface area contributed by atoms with Crippen molar-refractivity contribution in [3.05, 3.63) is 139 Å². The molecule has 7 aromatic rings. The van der Waals surface area contributed by atoms with E-state index in [1.807, 2.05) is 48.5 Å². The second-order valence-electron chi connectivity index (χ2n) is 11.5. The van der Waals surface area contributed by atoms with Gasteiger partial charge in [0.1, 0.15) is 11.4 Å². The van der Waals surface area contributed by atoms with E-state index in [2.05, 4.69) is 97.7 Å². The lowest BCUT2D eigenvalue weighted by atomic mass is 9.85. The maximum atomic E-state index is 6.51. The van der Waals surface area contributed by atoms with Crippen LogP contribution in [0.2, 0.25) is 0 Å². The molecule has 5 heteroatoms. The van der Waals surface area contributed by atoms with Crippen molar-refractivity contribution in [1.82, 2.24) is 19.9 Å². The van der Waals surface area contributed by atoms with Crippen LogP contribution in [0.25, 0.3) is 67.3 Å². The van der Waals surface area contributed by atoms with E-state index in [0.717, 1.165) is 50.0 Å². The summed E-state index contributed by atoms with van der Waals surface area (Å²) in [4.78, 5) is 19.4. The molecular weight excluding hydrogens is 540 g/mol. The van der Waals surface area contributed by atoms with Crippen LogP contribution in [-0.2, 0) is 5.60 Å². The third-order valence-electron chi connectivity index (χ3n) is 8.23. The van der Waals surface area contributed by atoms with Crippen LogP contribution in [-0.4, -0.2) is 19.9 Å². The lowest BCUT2D eigenvalue weighted by Crippen LogP contribution is -2.29. The van der Waals surface area contributed by atoms with Gasteiger partial charge < -0.3 is 4.74 Å². The minimum Gasteiger partial charge on any atom is -0.482 e. The predicted molar refractivity (Wildman–Crippen MR) is 176 cm³/mol. The summed E-state index contributed by atoms with van der Waals surface area (Å²) in [5.74, 6) is 2.73. The molecule has 44 heavy (non-hydrogen) atoms. The summed E-state index contributed by atoms with van der Waals surface area (Å²) >= 11 is 0. The van der Waals surface area contributed by atoms with Gasteiger partial charge in [0.2, 0.25) is 0 Å². The molecule has 0 N–H and O–H groups in total. The number of benzene rings is 5. The number of nitrogens with zero attached hydrogens (tertiary/aromatic N) is 4. The highest BCUT2D eigenvalue weighted by Crippen LogP contribution is 2.46. The van der Waals surface area contributed by atoms with Crippen molar-refractivity contribution in [2.75, 3.05) is 0 Å². The van der Waals surface area contributed by atoms with E-state index in [0.29, 0.717) is 17.5 Å². The maximum absolute atomic E-state index is 6.51. The van der Waals surface area contributed by atoms with Crippen molar-refractivity contribution in [3.63, 3.8) is 0 Å². The van der Waals surface area contributed by atoms with Crippen LogP contribution in [0.1, 0.15) is 19.4 Å². The average Bonchev–Trinajstić information content (AvgIpc) is 3.08. The Morgan fingerprint density at radius 1 is 0.500 bits per heavy atom. The maximum Gasteiger partial charge on any atom is 0.166 e. The van der Waals surface area contributed by atoms with Gasteiger partial charge in [0.05, 0.1) is 5.52 Å². The summed E-state index contributed by atoms with van der Waals surface area (Å²) in [6.07, 6.45) is 1.80. The van der Waals surface area contributed by atoms with Crippen molar-refractivity contribution < 1.29 is 4.74 Å². The number of hydrogen-bond donors (Lipinski definition) is 0. The van der Waals surface area contributed by atoms with Crippen LogP contribution < -0.4 is 4.74 Å². The number of aromatic nitrogens is 4. The second-order valence-corrected chi connectivity index (χ2v) is 11.5. The Morgan fingerprint density at radius 2 is 1.14 bits per heavy atom. The lowest BCUT2D eigenvalue weighted by Gasteiger charge is -2.35. The Labute approximate surface area is 255 Å². The number of para-hydroxylation sites is 1. The number of fused-ring (bicyclic) bond motifs is 4. The molecule has 1 aliphatic heterocycles. The minimum absolute atomic E-state index is 0.404. The molecule has 0 unspecified atom stereocenters. The minimum atomic E-state index is -0.404. The monoisotopic (exact) mass is 568 g/mol. The first-order chi connectivity index (χ1) is 21.5. The lowest BCUT2D eigenvalue weighted by molar-refractivity contribution is 0.106. The SMILES string of the molecule is CC1(C)Oc2cc(-c3ccc(-c4nc(-c5ccccc5)nc(-c5cccc6cccnc56)n4)cc3)ccc2-c2ccccc21. The molecule has 0 aliphatic carbocycles. The Balaban J connectivity index is 1.20. The van der Waals surface area contributed by atoms with Crippen LogP contribution in [0.3, 0.4) is 0 Å². The summed E-state index contributed by atoms with van der Waals surface area (Å²) < 4.78 is 6.51. The molecule has 0 bridgehead atoms. The van der Waals surface area contributed by atoms with Crippen molar-refractivity contribution >= 4 is 10.9 Å². The fourth-order valence-electron chi connectivity index (χ4n) is 6.02. The molecule has 5 nitrogen and oxygen atoms in total. The first-order valence-corrected chi connectivity index (χ1v) is 14.7. The third kappa shape index (κ3) is 4.50. The van der Waals surface area contributed by atoms with Crippen molar-refractivity contribution in [1.29, 1.82) is 0 Å². The van der Waals surface area contributed by atoms with Gasteiger partial charge in [-0.05, 0) is 48.7 Å². The van der Waals surface area contributed by atoms with E-state index in [-0.39, 0.29) is 0 Å². The molecule has 1 aliphatic rings. The van der Waals surface area contributed by atoms with E-state index < -0.39 is 5.60 Å². The molecule has 210 valence electrons. The van der Waals surface area contributed by atoms with E-state index in [1.54, 1.807) is 6.20 Å². The van der Waals surface area contributed by atoms with Crippen LogP contribution in [0.15, 0.2) is 134 Å². The highest BCUT2D eigenvalue weighted by atomic mass is 16.5. The normalized spacial score (nSPS) is 13.1. The Bertz CT molecular complexity index is 2170. The average molecular weight is 569 g/mol. The van der Waals surface area contributed by atoms with Crippen LogP contribution >= 0.6 is 0 Å². The third-order valence-corrected chi connectivity index (χ3v) is 8.23. The topological polar surface area (TPSA) is 60.8 Å². The summed E-state index contributed by atoms with van der Waals surface area (Å²) in [5.41, 5.74) is 8.90. The molecule has 2 aromatic heterocycles. The molecule has 0 atom stereocenters. The highest BCUT2D eigenvalue weighted by Gasteiger charge is 2.32. The molecular formula is C39H28N4O. The zero-order valence-electron chi connectivity index (χ0n) is 24.4. The van der Waals surface area contributed by atoms with Crippen molar-refractivity contribution in [3.8, 4) is 62.2 Å². The largest absolute Gasteiger partial charge is 0.482 e. The van der Waals surface area contributed by atoms with Gasteiger partial charge in [-0.1, -0.05) is 109 Å². The standard InChI is InChI=1S/C39H28N4O/c1-39(2)33-16-7-6-14-30(33)31-22-21-29(24-34(31)44-39)25-17-19-28(20-18-25)37-41-36(27-10-4-3-5-11-27)42-38(43-37)32-15-8-12-26-13-9-23-40-35(26)32/h3-24H,1-2H3. The van der Waals surface area contributed by atoms with E-state index >= 15 is 0 Å². The van der Waals surface area contributed by atoms with Gasteiger partial charge in [0, 0.05) is 39.4 Å². The van der Waals surface area contributed by atoms with Crippen molar-refractivity contribution in [2.24, 2.45) is 0 Å². The molecule has 0 saturated heterocycles. The van der Waals surface area contributed by atoms with E-state index in [9.17, 15) is 0 Å². The van der Waals surface area contributed by atoms with Gasteiger partial charge in [0.15, 0.2) is 17.5 Å². The molecule has 0 saturated carbocycles. The molecule has 5 aromatic carbocycles. The van der Waals surface area contributed by atoms with E-state index in [4.69, 9.17) is 19.7 Å². The fraction of sp³-hybridized carbons (Fsp3) is 0.0769. The van der Waals surface area contributed by atoms with Crippen LogP contribution in [0.5, 0.6) is 5.75 Å². The number of pyridine rings is 1. The van der Waals surface area contributed by atoms with Crippen LogP contribution in [0, 0.1) is 0 Å². The quantitative estimate of drug-likeness (QED) is 0.212. The highest BCUT2D eigenvalue weighted by molar-refractivity contribution is 5.92. The fourth-order valence-corrected chi connectivity index (χ4v) is 6.02. The summed E-state index contributed by atoms with van der Waals surface area (Å²) in [7, 11) is 0. The number of hydrogen-bond acceptors (Lipinski definition) is 5. The molecule has 0 radical (unpaired) electrons. The first-order valence-electron chi connectivity index (χ1n) is 14.7. The Kier molecular flexibility index (Phi) is 6.05. The molecule has 0 fully saturated rings. The van der Waals surface area contributed by atoms with Gasteiger partial charge >= 0.3 is 0 Å². The first kappa shape index (κ1) is 26.0. The summed E-state index contributed by atoms with van der Waals surface area (Å²) in [6, 6.07) is 43.4. The number of ether oxygens (including phenoxy) is 1. The Hall–Kier alpha value is -5.68. The van der Waals surface area contributed by atoms with E-state index in [1.165, 1.54) is 11.1 Å². The Morgan fingerprint density at radius 3 is 1.95 bits per heavy atom. The smallest absolute Gasteiger partial charge is 0.166 e. The zero-order valence-corrected chi connectivity index (χ0v) is 24.4. The molecule has 8 rings (SSSR count). The predicted octanol–water partition coefficient (Wildman–Crippen LogP) is 9.38. The van der Waals surface area contributed by atoms with Crippen molar-refractivity contribution in [2.45, 2.75) is 19.4 Å². The van der Waals surface area contributed by atoms with Gasteiger partial charge in [-0.3, -0.25) is 4.98 Å². The zero-order chi connectivity index (χ0) is 29.7. The van der Waals surface area contributed by atoms with Gasteiger partial charge in [-0.2, -0.15) is 0 Å². The van der Waals surface area contributed by atoms with Crippen LogP contribution in [0.4, 0.5) is 0 Å². The molecule has 0 amide bonds. The number of rotatable bonds is 4.